The number of halogens is 1. The molecule has 1 aliphatic rings. The number of nitrogens with zero attached hydrogens (tertiary/aromatic N) is 2. The number of carbonyl (C=O) groups excluding carboxylic acids is 1. The van der Waals surface area contributed by atoms with E-state index in [0.29, 0.717) is 19.5 Å². The molecule has 1 aliphatic heterocycles. The van der Waals surface area contributed by atoms with Crippen LogP contribution in [0.4, 0.5) is 0 Å². The van der Waals surface area contributed by atoms with Gasteiger partial charge in [-0.05, 0) is 42.2 Å². The number of carbonyl (C=O) groups is 1. The Morgan fingerprint density at radius 1 is 1.36 bits per heavy atom. The molecule has 0 bridgehead atoms. The van der Waals surface area contributed by atoms with E-state index >= 15 is 0 Å². The van der Waals surface area contributed by atoms with Crippen LogP contribution in [0.2, 0.25) is 0 Å². The normalized spacial score (nSPS) is 14.6. The lowest BCUT2D eigenvalue weighted by molar-refractivity contribution is -0.129. The number of hydrogen-bond donors (Lipinski definition) is 2. The standard InChI is InChI=1S/C15H24N4OS.HI/c1-2-16-15(18-11-13-6-10-21-12-13)17-7-5-14(20)19-8-3-4-9-19;/h6,10,12H,2-5,7-9,11H2,1H3,(H2,16,17,18);1H. The molecule has 0 radical (unpaired) electrons. The molecule has 1 fully saturated rings. The Morgan fingerprint density at radius 2 is 2.14 bits per heavy atom. The molecule has 1 saturated heterocycles. The minimum Gasteiger partial charge on any atom is -0.357 e. The summed E-state index contributed by atoms with van der Waals surface area (Å²) in [5, 5.41) is 10.6. The van der Waals surface area contributed by atoms with E-state index < -0.39 is 0 Å². The summed E-state index contributed by atoms with van der Waals surface area (Å²) >= 11 is 1.68. The maximum Gasteiger partial charge on any atom is 0.224 e. The maximum atomic E-state index is 12.0. The van der Waals surface area contributed by atoms with Crippen LogP contribution < -0.4 is 10.6 Å². The highest BCUT2D eigenvalue weighted by Crippen LogP contribution is 2.08. The Labute approximate surface area is 153 Å². The smallest absolute Gasteiger partial charge is 0.224 e. The second-order valence-electron chi connectivity index (χ2n) is 5.09. The molecule has 22 heavy (non-hydrogen) atoms. The van der Waals surface area contributed by atoms with Crippen LogP contribution in [0.15, 0.2) is 21.8 Å². The van der Waals surface area contributed by atoms with Gasteiger partial charge in [0.2, 0.25) is 5.91 Å². The first-order valence-electron chi connectivity index (χ1n) is 7.60. The molecule has 0 saturated carbocycles. The molecule has 7 heteroatoms. The van der Waals surface area contributed by atoms with E-state index in [0.717, 1.165) is 38.4 Å². The van der Waals surface area contributed by atoms with Crippen molar-refractivity contribution in [3.05, 3.63) is 22.4 Å². The number of hydrogen-bond acceptors (Lipinski definition) is 3. The van der Waals surface area contributed by atoms with Gasteiger partial charge >= 0.3 is 0 Å². The summed E-state index contributed by atoms with van der Waals surface area (Å²) in [7, 11) is 0. The fourth-order valence-electron chi connectivity index (χ4n) is 2.31. The van der Waals surface area contributed by atoms with Crippen molar-refractivity contribution in [2.75, 3.05) is 26.2 Å². The predicted octanol–water partition coefficient (Wildman–Crippen LogP) is 2.43. The van der Waals surface area contributed by atoms with E-state index in [-0.39, 0.29) is 29.9 Å². The highest BCUT2D eigenvalue weighted by Gasteiger charge is 2.17. The molecule has 0 spiro atoms. The number of likely N-dealkylation sites (tertiary alicyclic amines) is 1. The van der Waals surface area contributed by atoms with Gasteiger partial charge in [-0.1, -0.05) is 0 Å². The van der Waals surface area contributed by atoms with E-state index in [2.05, 4.69) is 32.5 Å². The number of guanidine groups is 1. The number of amides is 1. The summed E-state index contributed by atoms with van der Waals surface area (Å²) in [5.41, 5.74) is 1.21. The van der Waals surface area contributed by atoms with Crippen LogP contribution >= 0.6 is 35.3 Å². The second kappa shape index (κ2) is 10.8. The second-order valence-corrected chi connectivity index (χ2v) is 5.87. The molecule has 2 N–H and O–H groups in total. The molecular weight excluding hydrogens is 411 g/mol. The summed E-state index contributed by atoms with van der Waals surface area (Å²) in [4.78, 5) is 18.4. The molecule has 1 aromatic rings. The van der Waals surface area contributed by atoms with Crippen molar-refractivity contribution in [3.8, 4) is 0 Å². The van der Waals surface area contributed by atoms with Crippen molar-refractivity contribution in [3.63, 3.8) is 0 Å². The van der Waals surface area contributed by atoms with Crippen molar-refractivity contribution in [1.29, 1.82) is 0 Å². The highest BCUT2D eigenvalue weighted by atomic mass is 127. The summed E-state index contributed by atoms with van der Waals surface area (Å²) in [5.74, 6) is 1.02. The quantitative estimate of drug-likeness (QED) is 0.409. The van der Waals surface area contributed by atoms with E-state index in [1.54, 1.807) is 11.3 Å². The largest absolute Gasteiger partial charge is 0.357 e. The van der Waals surface area contributed by atoms with Crippen LogP contribution in [-0.2, 0) is 11.3 Å². The van der Waals surface area contributed by atoms with Crippen LogP contribution in [0.25, 0.3) is 0 Å². The third kappa shape index (κ3) is 6.51. The van der Waals surface area contributed by atoms with Gasteiger partial charge in [-0.15, -0.1) is 24.0 Å². The fourth-order valence-corrected chi connectivity index (χ4v) is 2.97. The lowest BCUT2D eigenvalue weighted by Crippen LogP contribution is -2.39. The monoisotopic (exact) mass is 436 g/mol. The van der Waals surface area contributed by atoms with Crippen LogP contribution in [0.3, 0.4) is 0 Å². The van der Waals surface area contributed by atoms with Crippen LogP contribution in [0.5, 0.6) is 0 Å². The summed E-state index contributed by atoms with van der Waals surface area (Å²) in [6.45, 7) is 5.99. The topological polar surface area (TPSA) is 56.7 Å². The predicted molar refractivity (Wildman–Crippen MR) is 103 cm³/mol. The minimum absolute atomic E-state index is 0. The van der Waals surface area contributed by atoms with Crippen LogP contribution in [0.1, 0.15) is 31.7 Å². The van der Waals surface area contributed by atoms with Gasteiger partial charge < -0.3 is 15.5 Å². The van der Waals surface area contributed by atoms with E-state index in [1.807, 2.05) is 11.8 Å². The number of aliphatic imine (C=N–C) groups is 1. The Balaban J connectivity index is 0.00000242. The van der Waals surface area contributed by atoms with Gasteiger partial charge in [0.05, 0.1) is 6.54 Å². The molecule has 0 atom stereocenters. The van der Waals surface area contributed by atoms with Crippen LogP contribution in [0, 0.1) is 0 Å². The zero-order valence-corrected chi connectivity index (χ0v) is 16.2. The van der Waals surface area contributed by atoms with Gasteiger partial charge in [0, 0.05) is 32.6 Å². The maximum absolute atomic E-state index is 12.0. The first-order valence-corrected chi connectivity index (χ1v) is 8.55. The van der Waals surface area contributed by atoms with Gasteiger partial charge in [0.15, 0.2) is 5.96 Å². The van der Waals surface area contributed by atoms with Gasteiger partial charge in [0.1, 0.15) is 0 Å². The first-order chi connectivity index (χ1) is 10.3. The number of rotatable bonds is 6. The third-order valence-electron chi connectivity index (χ3n) is 3.43. The fraction of sp³-hybridized carbons (Fsp3) is 0.600. The molecule has 0 aromatic carbocycles. The van der Waals surface area contributed by atoms with Crippen molar-refractivity contribution in [1.82, 2.24) is 15.5 Å². The van der Waals surface area contributed by atoms with Crippen molar-refractivity contribution >= 4 is 47.2 Å². The van der Waals surface area contributed by atoms with Gasteiger partial charge in [-0.3, -0.25) is 4.79 Å². The van der Waals surface area contributed by atoms with Gasteiger partial charge in [0.25, 0.3) is 0 Å². The molecule has 124 valence electrons. The van der Waals surface area contributed by atoms with Gasteiger partial charge in [-0.2, -0.15) is 11.3 Å². The molecule has 1 amide bonds. The molecule has 2 heterocycles. The summed E-state index contributed by atoms with van der Waals surface area (Å²) < 4.78 is 0. The zero-order valence-electron chi connectivity index (χ0n) is 13.0. The molecule has 2 rings (SSSR count). The number of thiophene rings is 1. The van der Waals surface area contributed by atoms with Crippen molar-refractivity contribution < 1.29 is 4.79 Å². The molecule has 5 nitrogen and oxygen atoms in total. The number of nitrogens with one attached hydrogen (secondary N) is 2. The highest BCUT2D eigenvalue weighted by molar-refractivity contribution is 14.0. The molecule has 1 aromatic heterocycles. The Bertz CT molecular complexity index is 458. The first kappa shape index (κ1) is 19.2. The molecule has 0 unspecified atom stereocenters. The Hall–Kier alpha value is -0.830. The average Bonchev–Trinajstić information content (AvgIpc) is 3.17. The lowest BCUT2D eigenvalue weighted by Gasteiger charge is -2.16. The third-order valence-corrected chi connectivity index (χ3v) is 4.17. The lowest BCUT2D eigenvalue weighted by atomic mass is 10.3. The average molecular weight is 436 g/mol. The van der Waals surface area contributed by atoms with Gasteiger partial charge in [-0.25, -0.2) is 4.99 Å². The van der Waals surface area contributed by atoms with Crippen LogP contribution in [-0.4, -0.2) is 42.9 Å². The SMILES string of the molecule is CCNC(=NCc1ccsc1)NCCC(=O)N1CCCC1.I. The minimum atomic E-state index is 0. The Morgan fingerprint density at radius 3 is 2.77 bits per heavy atom. The summed E-state index contributed by atoms with van der Waals surface area (Å²) in [6, 6.07) is 2.08. The van der Waals surface area contributed by atoms with Crippen molar-refractivity contribution in [2.45, 2.75) is 32.7 Å². The van der Waals surface area contributed by atoms with E-state index in [4.69, 9.17) is 0 Å². The van der Waals surface area contributed by atoms with E-state index in [9.17, 15) is 4.79 Å². The zero-order chi connectivity index (χ0) is 14.9. The van der Waals surface area contributed by atoms with Crippen molar-refractivity contribution in [2.24, 2.45) is 4.99 Å². The Kier molecular flexibility index (Phi) is 9.45. The summed E-state index contributed by atoms with van der Waals surface area (Å²) in [6.07, 6.45) is 2.82. The molecular formula is C15H25IN4OS. The van der Waals surface area contributed by atoms with E-state index in [1.165, 1.54) is 5.56 Å². The molecule has 0 aliphatic carbocycles.